The maximum Gasteiger partial charge on any atom is 0.126 e. The van der Waals surface area contributed by atoms with Crippen LogP contribution in [0.5, 0.6) is 0 Å². The molecule has 1 fully saturated rings. The van der Waals surface area contributed by atoms with Crippen LogP contribution in [0.1, 0.15) is 41.9 Å². The summed E-state index contributed by atoms with van der Waals surface area (Å²) in [5.41, 5.74) is 1.75. The van der Waals surface area contributed by atoms with Gasteiger partial charge in [0.1, 0.15) is 11.9 Å². The minimum atomic E-state index is -0.304. The first kappa shape index (κ1) is 16.7. The smallest absolute Gasteiger partial charge is 0.126 e. The molecule has 2 nitrogen and oxygen atoms in total. The van der Waals surface area contributed by atoms with Crippen molar-refractivity contribution in [2.75, 3.05) is 0 Å². The molecular weight excluding hydrogens is 335 g/mol. The molecule has 1 N–H and O–H groups in total. The van der Waals surface area contributed by atoms with Crippen molar-refractivity contribution in [3.05, 3.63) is 70.4 Å². The highest BCUT2D eigenvalue weighted by molar-refractivity contribution is 7.19. The Balaban J connectivity index is 1.50. The van der Waals surface area contributed by atoms with E-state index in [4.69, 9.17) is 4.74 Å². The number of rotatable bonds is 6. The van der Waals surface area contributed by atoms with E-state index in [0.29, 0.717) is 12.0 Å². The number of halogens is 1. The highest BCUT2D eigenvalue weighted by Crippen LogP contribution is 2.42. The Labute approximate surface area is 150 Å². The third kappa shape index (κ3) is 3.76. The number of thiophene rings is 1. The van der Waals surface area contributed by atoms with E-state index in [-0.39, 0.29) is 24.1 Å². The van der Waals surface area contributed by atoms with Gasteiger partial charge in [-0.05, 0) is 60.5 Å². The molecule has 1 aliphatic rings. The van der Waals surface area contributed by atoms with Crippen LogP contribution in [0, 0.1) is 5.82 Å². The van der Waals surface area contributed by atoms with Crippen molar-refractivity contribution in [1.82, 2.24) is 0 Å². The predicted molar refractivity (Wildman–Crippen MR) is 99.6 cm³/mol. The van der Waals surface area contributed by atoms with Crippen molar-refractivity contribution in [1.29, 1.82) is 0 Å². The van der Waals surface area contributed by atoms with E-state index >= 15 is 0 Å². The minimum absolute atomic E-state index is 0.0421. The van der Waals surface area contributed by atoms with Gasteiger partial charge in [-0.25, -0.2) is 4.39 Å². The molecule has 130 valence electrons. The molecule has 3 atom stereocenters. The number of hydrogen-bond acceptors (Lipinski definition) is 3. The highest BCUT2D eigenvalue weighted by Gasteiger charge is 2.39. The average molecular weight is 356 g/mol. The molecule has 1 saturated heterocycles. The average Bonchev–Trinajstić information content (AvgIpc) is 3.25. The number of epoxide rings is 1. The van der Waals surface area contributed by atoms with Gasteiger partial charge in [-0.3, -0.25) is 0 Å². The van der Waals surface area contributed by atoms with E-state index in [2.05, 4.69) is 18.2 Å². The summed E-state index contributed by atoms with van der Waals surface area (Å²) >= 11 is 1.72. The Kier molecular flexibility index (Phi) is 4.59. The van der Waals surface area contributed by atoms with Gasteiger partial charge >= 0.3 is 0 Å². The molecule has 4 heteroatoms. The Bertz CT molecular complexity index is 853. The molecule has 1 aromatic heterocycles. The van der Waals surface area contributed by atoms with Crippen molar-refractivity contribution < 1.29 is 14.2 Å². The molecule has 0 radical (unpaired) electrons. The van der Waals surface area contributed by atoms with E-state index in [9.17, 15) is 9.50 Å². The van der Waals surface area contributed by atoms with Crippen LogP contribution in [0.3, 0.4) is 0 Å². The van der Waals surface area contributed by atoms with Crippen molar-refractivity contribution in [2.24, 2.45) is 0 Å². The second kappa shape index (κ2) is 6.87. The lowest BCUT2D eigenvalue weighted by Gasteiger charge is -2.05. The fraction of sp³-hybridized carbons (Fsp3) is 0.333. The summed E-state index contributed by atoms with van der Waals surface area (Å²) in [4.78, 5) is 1.17. The molecule has 0 saturated carbocycles. The normalized spacial score (nSPS) is 20.8. The summed E-state index contributed by atoms with van der Waals surface area (Å²) in [5.74, 6) is -0.164. The molecule has 0 amide bonds. The van der Waals surface area contributed by atoms with Gasteiger partial charge in [0, 0.05) is 16.0 Å². The molecule has 0 aliphatic carbocycles. The molecule has 3 aromatic rings. The summed E-state index contributed by atoms with van der Waals surface area (Å²) in [6, 6.07) is 15.7. The standard InChI is InChI=1S/C21H21FO2S/c1-13(23)6-9-19-21(24-19)15-7-8-18(22)16(10-15)12-17-11-14-4-2-3-5-20(14)25-17/h2-5,7-8,10-11,13,19,21,23H,6,9,12H2,1H3. The number of hydrogen-bond donors (Lipinski definition) is 1. The van der Waals surface area contributed by atoms with E-state index in [1.54, 1.807) is 24.3 Å². The first-order chi connectivity index (χ1) is 12.1. The fourth-order valence-corrected chi connectivity index (χ4v) is 4.37. The van der Waals surface area contributed by atoms with E-state index in [1.807, 2.05) is 24.3 Å². The molecule has 2 aromatic carbocycles. The van der Waals surface area contributed by atoms with Gasteiger partial charge in [-0.2, -0.15) is 0 Å². The van der Waals surface area contributed by atoms with Gasteiger partial charge in [0.05, 0.1) is 12.2 Å². The SMILES string of the molecule is CC(O)CCC1OC1c1ccc(F)c(Cc2cc3ccccc3s2)c1. The van der Waals surface area contributed by atoms with Gasteiger partial charge in [-0.15, -0.1) is 11.3 Å². The second-order valence-corrected chi connectivity index (χ2v) is 7.97. The first-order valence-corrected chi connectivity index (χ1v) is 9.51. The maximum atomic E-state index is 14.3. The van der Waals surface area contributed by atoms with Gasteiger partial charge in [-0.1, -0.05) is 24.3 Å². The molecular formula is C21H21FO2S. The van der Waals surface area contributed by atoms with Crippen LogP contribution >= 0.6 is 11.3 Å². The van der Waals surface area contributed by atoms with Crippen LogP contribution < -0.4 is 0 Å². The van der Waals surface area contributed by atoms with Crippen molar-refractivity contribution in [2.45, 2.75) is 44.5 Å². The van der Waals surface area contributed by atoms with Gasteiger partial charge in [0.15, 0.2) is 0 Å². The van der Waals surface area contributed by atoms with Crippen LogP contribution in [-0.2, 0) is 11.2 Å². The number of aliphatic hydroxyl groups is 1. The van der Waals surface area contributed by atoms with Crippen LogP contribution in [0.4, 0.5) is 4.39 Å². The molecule has 0 bridgehead atoms. The topological polar surface area (TPSA) is 32.8 Å². The fourth-order valence-electron chi connectivity index (χ4n) is 3.28. The molecule has 1 aliphatic heterocycles. The maximum absolute atomic E-state index is 14.3. The molecule has 3 unspecified atom stereocenters. The van der Waals surface area contributed by atoms with Crippen molar-refractivity contribution in [3.63, 3.8) is 0 Å². The molecule has 25 heavy (non-hydrogen) atoms. The van der Waals surface area contributed by atoms with Crippen molar-refractivity contribution >= 4 is 21.4 Å². The molecule has 4 rings (SSSR count). The lowest BCUT2D eigenvalue weighted by atomic mass is 10.0. The highest BCUT2D eigenvalue weighted by atomic mass is 32.1. The summed E-state index contributed by atoms with van der Waals surface area (Å²) in [7, 11) is 0. The lowest BCUT2D eigenvalue weighted by Crippen LogP contribution is -2.02. The van der Waals surface area contributed by atoms with Crippen LogP contribution in [0.15, 0.2) is 48.5 Å². The van der Waals surface area contributed by atoms with Crippen molar-refractivity contribution in [3.8, 4) is 0 Å². The van der Waals surface area contributed by atoms with Gasteiger partial charge in [0.25, 0.3) is 0 Å². The van der Waals surface area contributed by atoms with Crippen LogP contribution in [0.2, 0.25) is 0 Å². The first-order valence-electron chi connectivity index (χ1n) is 8.69. The summed E-state index contributed by atoms with van der Waals surface area (Å²) in [5, 5.41) is 10.6. The zero-order valence-electron chi connectivity index (χ0n) is 14.1. The van der Waals surface area contributed by atoms with Crippen LogP contribution in [0.25, 0.3) is 10.1 Å². The van der Waals surface area contributed by atoms with Gasteiger partial charge in [0.2, 0.25) is 0 Å². The predicted octanol–water partition coefficient (Wildman–Crippen LogP) is 5.23. The summed E-state index contributed by atoms with van der Waals surface area (Å²) in [6.45, 7) is 1.79. The number of aliphatic hydroxyl groups excluding tert-OH is 1. The Morgan fingerprint density at radius 2 is 2.04 bits per heavy atom. The quantitative estimate of drug-likeness (QED) is 0.613. The Morgan fingerprint density at radius 3 is 2.84 bits per heavy atom. The Morgan fingerprint density at radius 1 is 1.20 bits per heavy atom. The lowest BCUT2D eigenvalue weighted by molar-refractivity contribution is 0.176. The third-order valence-corrected chi connectivity index (χ3v) is 5.81. The Hall–Kier alpha value is -1.75. The number of benzene rings is 2. The number of fused-ring (bicyclic) bond motifs is 1. The zero-order valence-corrected chi connectivity index (χ0v) is 14.9. The summed E-state index contributed by atoms with van der Waals surface area (Å²) < 4.78 is 21.2. The minimum Gasteiger partial charge on any atom is -0.393 e. The van der Waals surface area contributed by atoms with E-state index in [1.165, 1.54) is 15.0 Å². The largest absolute Gasteiger partial charge is 0.393 e. The second-order valence-electron chi connectivity index (χ2n) is 6.80. The monoisotopic (exact) mass is 356 g/mol. The zero-order chi connectivity index (χ0) is 17.4. The number of ether oxygens (including phenoxy) is 1. The third-order valence-electron chi connectivity index (χ3n) is 4.69. The molecule has 0 spiro atoms. The molecule has 2 heterocycles. The summed E-state index contributed by atoms with van der Waals surface area (Å²) in [6.07, 6.45) is 2.06. The van der Waals surface area contributed by atoms with Gasteiger partial charge < -0.3 is 9.84 Å². The van der Waals surface area contributed by atoms with Crippen LogP contribution in [-0.4, -0.2) is 17.3 Å². The van der Waals surface area contributed by atoms with E-state index in [0.717, 1.165) is 18.4 Å². The van der Waals surface area contributed by atoms with E-state index < -0.39 is 0 Å².